The number of hydrogen-bond acceptors (Lipinski definition) is 7. The minimum Gasteiger partial charge on any atom is -0.497 e. The van der Waals surface area contributed by atoms with Crippen LogP contribution in [0.1, 0.15) is 42.5 Å². The van der Waals surface area contributed by atoms with Crippen molar-refractivity contribution in [2.75, 3.05) is 7.11 Å². The molecular formula is C23H27N3O7. The highest BCUT2D eigenvalue weighted by Gasteiger charge is 2.45. The molecule has 3 N–H and O–H groups in total. The van der Waals surface area contributed by atoms with Crippen LogP contribution in [0.15, 0.2) is 36.4 Å². The van der Waals surface area contributed by atoms with Crippen LogP contribution in [0, 0.1) is 0 Å². The van der Waals surface area contributed by atoms with Gasteiger partial charge in [0.1, 0.15) is 23.9 Å². The van der Waals surface area contributed by atoms with E-state index < -0.39 is 42.2 Å². The van der Waals surface area contributed by atoms with Crippen LogP contribution in [-0.2, 0) is 19.1 Å². The van der Waals surface area contributed by atoms with Gasteiger partial charge in [-0.1, -0.05) is 18.2 Å². The Bertz CT molecular complexity index is 979. The quantitative estimate of drug-likeness (QED) is 0.426. The molecule has 0 bridgehead atoms. The van der Waals surface area contributed by atoms with E-state index in [9.17, 15) is 24.3 Å². The van der Waals surface area contributed by atoms with Gasteiger partial charge in [-0.2, -0.15) is 0 Å². The number of nitrogens with zero attached hydrogens (tertiary/aromatic N) is 1. The maximum absolute atomic E-state index is 13.5. The first-order valence-corrected chi connectivity index (χ1v) is 11.0. The number of cyclic esters (lactones) is 1. The molecule has 0 spiro atoms. The summed E-state index contributed by atoms with van der Waals surface area (Å²) < 4.78 is 9.84. The third kappa shape index (κ3) is 4.85. The van der Waals surface area contributed by atoms with Crippen LogP contribution >= 0.6 is 0 Å². The van der Waals surface area contributed by atoms with Crippen molar-refractivity contribution in [2.24, 2.45) is 0 Å². The number of carbonyl (C=O) groups is 4. The molecule has 2 unspecified atom stereocenters. The summed E-state index contributed by atoms with van der Waals surface area (Å²) in [7, 11) is 1.51. The fourth-order valence-corrected chi connectivity index (χ4v) is 4.54. The van der Waals surface area contributed by atoms with Crippen LogP contribution < -0.4 is 15.4 Å². The van der Waals surface area contributed by atoms with E-state index in [-0.39, 0.29) is 18.4 Å². The normalized spacial score (nSPS) is 29.0. The second kappa shape index (κ2) is 9.62. The van der Waals surface area contributed by atoms with Gasteiger partial charge in [-0.15, -0.1) is 0 Å². The standard InChI is InChI=1S/C23H27N3O7/c1-32-15-7-4-5-13(11-15)20(28)24-16-8-3-2-6-14-9-10-18(26(14)22(16)30)21(29)25-17-12-19(27)33-23(17)31/h2-5,7,11,14,16-18,23,31H,6,8-10,12H2,1H3,(H,24,28)(H,25,29)/t14-,16+,17?,18-,23?/m0/s1. The lowest BCUT2D eigenvalue weighted by Gasteiger charge is -2.34. The average Bonchev–Trinajstić information content (AvgIpc) is 3.36. The van der Waals surface area contributed by atoms with Crippen molar-refractivity contribution in [1.82, 2.24) is 15.5 Å². The predicted octanol–water partition coefficient (Wildman–Crippen LogP) is 0.253. The second-order valence-electron chi connectivity index (χ2n) is 8.39. The predicted molar refractivity (Wildman–Crippen MR) is 115 cm³/mol. The van der Waals surface area contributed by atoms with Crippen LogP contribution in [0.3, 0.4) is 0 Å². The van der Waals surface area contributed by atoms with Crippen molar-refractivity contribution in [3.05, 3.63) is 42.0 Å². The SMILES string of the molecule is COc1cccc(C(=O)N[C@@H]2CC=CC[C@H]3CC[C@@H](C(=O)NC4CC(=O)OC4O)N3C2=O)c1. The Morgan fingerprint density at radius 3 is 2.67 bits per heavy atom. The Kier molecular flexibility index (Phi) is 6.64. The topological polar surface area (TPSA) is 134 Å². The highest BCUT2D eigenvalue weighted by molar-refractivity contribution is 5.99. The number of rotatable bonds is 5. The van der Waals surface area contributed by atoms with Gasteiger partial charge in [-0.3, -0.25) is 19.2 Å². The summed E-state index contributed by atoms with van der Waals surface area (Å²) >= 11 is 0. The van der Waals surface area contributed by atoms with E-state index in [4.69, 9.17) is 4.74 Å². The van der Waals surface area contributed by atoms with Crippen molar-refractivity contribution in [3.63, 3.8) is 0 Å². The number of ether oxygens (including phenoxy) is 2. The molecule has 0 aromatic heterocycles. The van der Waals surface area contributed by atoms with Gasteiger partial charge in [0.2, 0.25) is 18.1 Å². The van der Waals surface area contributed by atoms with E-state index in [0.29, 0.717) is 37.0 Å². The summed E-state index contributed by atoms with van der Waals surface area (Å²) in [6, 6.07) is 4.01. The van der Waals surface area contributed by atoms with Crippen molar-refractivity contribution >= 4 is 23.7 Å². The van der Waals surface area contributed by atoms with Crippen LogP contribution in [0.2, 0.25) is 0 Å². The molecule has 0 aliphatic carbocycles. The molecule has 1 aromatic carbocycles. The Labute approximate surface area is 190 Å². The van der Waals surface area contributed by atoms with Gasteiger partial charge in [0.25, 0.3) is 5.91 Å². The number of nitrogens with one attached hydrogen (secondary N) is 2. The van der Waals surface area contributed by atoms with Crippen LogP contribution in [-0.4, -0.2) is 71.3 Å². The summed E-state index contributed by atoms with van der Waals surface area (Å²) in [5, 5.41) is 15.2. The second-order valence-corrected chi connectivity index (χ2v) is 8.39. The Balaban J connectivity index is 1.49. The number of esters is 1. The molecular weight excluding hydrogens is 430 g/mol. The number of amides is 3. The monoisotopic (exact) mass is 457 g/mol. The number of aliphatic hydroxyl groups excluding tert-OH is 1. The molecule has 0 radical (unpaired) electrons. The summed E-state index contributed by atoms with van der Waals surface area (Å²) in [6.07, 6.45) is 4.30. The van der Waals surface area contributed by atoms with E-state index in [1.54, 1.807) is 29.2 Å². The van der Waals surface area contributed by atoms with Crippen molar-refractivity contribution in [3.8, 4) is 5.75 Å². The first-order chi connectivity index (χ1) is 15.9. The third-order valence-electron chi connectivity index (χ3n) is 6.25. The molecule has 33 heavy (non-hydrogen) atoms. The highest BCUT2D eigenvalue weighted by Crippen LogP contribution is 2.30. The van der Waals surface area contributed by atoms with Gasteiger partial charge in [0.05, 0.1) is 13.5 Å². The molecule has 2 saturated heterocycles. The van der Waals surface area contributed by atoms with Gasteiger partial charge in [-0.25, -0.2) is 0 Å². The largest absolute Gasteiger partial charge is 0.497 e. The molecule has 3 aliphatic rings. The summed E-state index contributed by atoms with van der Waals surface area (Å²) in [6.45, 7) is 0. The zero-order chi connectivity index (χ0) is 23.5. The van der Waals surface area contributed by atoms with Gasteiger partial charge in [0.15, 0.2) is 0 Å². The highest BCUT2D eigenvalue weighted by atomic mass is 16.6. The number of hydrogen-bond donors (Lipinski definition) is 3. The van der Waals surface area contributed by atoms with E-state index in [1.807, 2.05) is 12.2 Å². The van der Waals surface area contributed by atoms with Gasteiger partial charge < -0.3 is 30.1 Å². The van der Waals surface area contributed by atoms with E-state index >= 15 is 0 Å². The summed E-state index contributed by atoms with van der Waals surface area (Å²) in [5.74, 6) is -1.26. The molecule has 10 heteroatoms. The molecule has 2 fully saturated rings. The zero-order valence-electron chi connectivity index (χ0n) is 18.2. The summed E-state index contributed by atoms with van der Waals surface area (Å²) in [5.41, 5.74) is 0.361. The number of aliphatic hydroxyl groups is 1. The molecule has 4 rings (SSSR count). The lowest BCUT2D eigenvalue weighted by Crippen LogP contribution is -2.57. The lowest BCUT2D eigenvalue weighted by atomic mass is 10.0. The molecule has 3 amide bonds. The fraction of sp³-hybridized carbons (Fsp3) is 0.478. The smallest absolute Gasteiger partial charge is 0.310 e. The molecule has 176 valence electrons. The van der Waals surface area contributed by atoms with E-state index in [1.165, 1.54) is 7.11 Å². The average molecular weight is 457 g/mol. The molecule has 5 atom stereocenters. The number of fused-ring (bicyclic) bond motifs is 1. The Morgan fingerprint density at radius 1 is 1.15 bits per heavy atom. The molecule has 3 heterocycles. The van der Waals surface area contributed by atoms with Crippen molar-refractivity contribution in [2.45, 2.75) is 62.6 Å². The van der Waals surface area contributed by atoms with Crippen LogP contribution in [0.25, 0.3) is 0 Å². The first kappa shape index (κ1) is 22.8. The first-order valence-electron chi connectivity index (χ1n) is 11.0. The number of methoxy groups -OCH3 is 1. The van der Waals surface area contributed by atoms with E-state index in [2.05, 4.69) is 15.4 Å². The minimum absolute atomic E-state index is 0.126. The maximum atomic E-state index is 13.5. The Morgan fingerprint density at radius 2 is 1.94 bits per heavy atom. The molecule has 0 saturated carbocycles. The van der Waals surface area contributed by atoms with Crippen molar-refractivity contribution in [1.29, 1.82) is 0 Å². The lowest BCUT2D eigenvalue weighted by molar-refractivity contribution is -0.155. The third-order valence-corrected chi connectivity index (χ3v) is 6.25. The van der Waals surface area contributed by atoms with Gasteiger partial charge in [0, 0.05) is 11.6 Å². The zero-order valence-corrected chi connectivity index (χ0v) is 18.2. The van der Waals surface area contributed by atoms with Crippen LogP contribution in [0.5, 0.6) is 5.75 Å². The molecule has 10 nitrogen and oxygen atoms in total. The minimum atomic E-state index is -1.40. The molecule has 1 aromatic rings. The summed E-state index contributed by atoms with van der Waals surface area (Å²) in [4.78, 5) is 52.2. The Hall–Kier alpha value is -3.40. The van der Waals surface area contributed by atoms with E-state index in [0.717, 1.165) is 0 Å². The molecule has 3 aliphatic heterocycles. The van der Waals surface area contributed by atoms with Crippen molar-refractivity contribution < 1.29 is 33.8 Å². The fourth-order valence-electron chi connectivity index (χ4n) is 4.54. The van der Waals surface area contributed by atoms with Gasteiger partial charge >= 0.3 is 5.97 Å². The number of benzene rings is 1. The van der Waals surface area contributed by atoms with Crippen LogP contribution in [0.4, 0.5) is 0 Å². The number of carbonyl (C=O) groups excluding carboxylic acids is 4. The van der Waals surface area contributed by atoms with Gasteiger partial charge in [-0.05, 0) is 43.9 Å². The maximum Gasteiger partial charge on any atom is 0.310 e.